The number of aryl methyl sites for hydroxylation is 1. The predicted octanol–water partition coefficient (Wildman–Crippen LogP) is 3.25. The second-order valence-corrected chi connectivity index (χ2v) is 6.56. The van der Waals surface area contributed by atoms with Gasteiger partial charge < -0.3 is 20.7 Å². The molecule has 1 aliphatic rings. The topological polar surface area (TPSA) is 62.9 Å². The van der Waals surface area contributed by atoms with Gasteiger partial charge in [-0.3, -0.25) is 4.99 Å². The molecule has 1 atom stereocenters. The van der Waals surface area contributed by atoms with Crippen LogP contribution in [0.15, 0.2) is 53.5 Å². The summed E-state index contributed by atoms with van der Waals surface area (Å²) in [7, 11) is 0. The maximum Gasteiger partial charge on any atom is 0.189 e. The number of hydrogen-bond donors (Lipinski definition) is 2. The van der Waals surface area contributed by atoms with Crippen molar-refractivity contribution in [2.45, 2.75) is 26.3 Å². The van der Waals surface area contributed by atoms with Crippen LogP contribution in [-0.2, 0) is 0 Å². The van der Waals surface area contributed by atoms with E-state index in [9.17, 15) is 0 Å². The average molecular weight is 352 g/mol. The molecule has 5 nitrogen and oxygen atoms in total. The summed E-state index contributed by atoms with van der Waals surface area (Å²) in [5.74, 6) is 1.42. The molecule has 26 heavy (non-hydrogen) atoms. The molecule has 0 aromatic heterocycles. The van der Waals surface area contributed by atoms with Gasteiger partial charge in [-0.15, -0.1) is 0 Å². The van der Waals surface area contributed by atoms with E-state index in [-0.39, 0.29) is 6.04 Å². The first-order valence-corrected chi connectivity index (χ1v) is 9.27. The predicted molar refractivity (Wildman–Crippen MR) is 108 cm³/mol. The number of anilines is 1. The monoisotopic (exact) mass is 352 g/mol. The number of guanidine groups is 1. The molecule has 0 aliphatic carbocycles. The van der Waals surface area contributed by atoms with Gasteiger partial charge in [-0.2, -0.15) is 0 Å². The van der Waals surface area contributed by atoms with Crippen molar-refractivity contribution in [3.8, 4) is 5.75 Å². The molecule has 3 N–H and O–H groups in total. The molecule has 2 aromatic rings. The molecule has 0 bridgehead atoms. The largest absolute Gasteiger partial charge is 0.493 e. The van der Waals surface area contributed by atoms with E-state index in [0.29, 0.717) is 19.1 Å². The number of nitrogens with two attached hydrogens (primary N) is 1. The molecule has 1 unspecified atom stereocenters. The lowest BCUT2D eigenvalue weighted by Gasteiger charge is -2.27. The summed E-state index contributed by atoms with van der Waals surface area (Å²) in [6, 6.07) is 16.8. The number of fused-ring (bicyclic) bond motifs is 1. The van der Waals surface area contributed by atoms with Crippen molar-refractivity contribution in [3.05, 3.63) is 59.7 Å². The second kappa shape index (κ2) is 8.61. The van der Waals surface area contributed by atoms with Gasteiger partial charge in [0.25, 0.3) is 0 Å². The summed E-state index contributed by atoms with van der Waals surface area (Å²) >= 11 is 0. The van der Waals surface area contributed by atoms with Crippen LogP contribution in [0, 0.1) is 6.92 Å². The fourth-order valence-corrected chi connectivity index (χ4v) is 3.30. The zero-order chi connectivity index (χ0) is 18.4. The van der Waals surface area contributed by atoms with Crippen LogP contribution in [0.4, 0.5) is 5.69 Å². The number of para-hydroxylation sites is 1. The highest BCUT2D eigenvalue weighted by atomic mass is 16.5. The van der Waals surface area contributed by atoms with E-state index in [1.807, 2.05) is 18.2 Å². The smallest absolute Gasteiger partial charge is 0.189 e. The molecule has 2 aromatic carbocycles. The number of nitrogens with zero attached hydrogens (tertiary/aromatic N) is 2. The van der Waals surface area contributed by atoms with Gasteiger partial charge in [0, 0.05) is 30.8 Å². The van der Waals surface area contributed by atoms with Gasteiger partial charge in [-0.1, -0.05) is 30.3 Å². The summed E-state index contributed by atoms with van der Waals surface area (Å²) in [4.78, 5) is 6.84. The summed E-state index contributed by atoms with van der Waals surface area (Å²) in [6.07, 6.45) is 0.887. The molecular formula is C21H28N4O. The lowest BCUT2D eigenvalue weighted by Crippen LogP contribution is -2.38. The van der Waals surface area contributed by atoms with E-state index in [1.54, 1.807) is 0 Å². The fraction of sp³-hybridized carbons (Fsp3) is 0.381. The Balaban J connectivity index is 1.57. The molecule has 0 saturated heterocycles. The zero-order valence-electron chi connectivity index (χ0n) is 15.6. The zero-order valence-corrected chi connectivity index (χ0v) is 15.6. The lowest BCUT2D eigenvalue weighted by atomic mass is 10.0. The van der Waals surface area contributed by atoms with Gasteiger partial charge in [0.2, 0.25) is 0 Å². The van der Waals surface area contributed by atoms with Gasteiger partial charge in [0.05, 0.1) is 19.2 Å². The molecule has 3 rings (SSSR count). The van der Waals surface area contributed by atoms with Gasteiger partial charge in [0.1, 0.15) is 5.75 Å². The molecule has 0 fully saturated rings. The molecule has 0 radical (unpaired) electrons. The maximum absolute atomic E-state index is 6.13. The van der Waals surface area contributed by atoms with Crippen LogP contribution < -0.4 is 20.7 Å². The Hall–Kier alpha value is -2.69. The van der Waals surface area contributed by atoms with Gasteiger partial charge in [0.15, 0.2) is 5.96 Å². The summed E-state index contributed by atoms with van der Waals surface area (Å²) < 4.78 is 5.69. The van der Waals surface area contributed by atoms with Crippen molar-refractivity contribution in [2.75, 3.05) is 31.1 Å². The van der Waals surface area contributed by atoms with Crippen LogP contribution in [0.5, 0.6) is 5.75 Å². The average Bonchev–Trinajstić information content (AvgIpc) is 2.65. The van der Waals surface area contributed by atoms with Crippen LogP contribution in [0.1, 0.15) is 30.5 Å². The highest BCUT2D eigenvalue weighted by molar-refractivity contribution is 5.78. The third-order valence-corrected chi connectivity index (χ3v) is 4.68. The van der Waals surface area contributed by atoms with E-state index in [1.165, 1.54) is 11.3 Å². The minimum Gasteiger partial charge on any atom is -0.493 e. The molecule has 1 aliphatic heterocycles. The number of hydrogen-bond acceptors (Lipinski definition) is 3. The Labute approximate surface area is 155 Å². The molecule has 5 heteroatoms. The van der Waals surface area contributed by atoms with Crippen molar-refractivity contribution in [1.82, 2.24) is 5.32 Å². The SMILES string of the molecule is CCN(CCN=C(N)NC1CCOc2ccccc21)c1cccc(C)c1. The number of benzene rings is 2. The van der Waals surface area contributed by atoms with Gasteiger partial charge in [-0.25, -0.2) is 0 Å². The fourth-order valence-electron chi connectivity index (χ4n) is 3.30. The number of nitrogens with one attached hydrogen (secondary N) is 1. The summed E-state index contributed by atoms with van der Waals surface area (Å²) in [6.45, 7) is 7.41. The Morgan fingerprint density at radius 3 is 2.92 bits per heavy atom. The number of aliphatic imine (C=N–C) groups is 1. The van der Waals surface area contributed by atoms with Gasteiger partial charge in [-0.05, 0) is 37.6 Å². The van der Waals surface area contributed by atoms with Crippen LogP contribution in [0.3, 0.4) is 0 Å². The highest BCUT2D eigenvalue weighted by Crippen LogP contribution is 2.31. The third-order valence-electron chi connectivity index (χ3n) is 4.68. The van der Waals surface area contributed by atoms with E-state index in [4.69, 9.17) is 10.5 Å². The molecule has 0 amide bonds. The first-order valence-electron chi connectivity index (χ1n) is 9.27. The minimum atomic E-state index is 0.155. The van der Waals surface area contributed by atoms with Crippen molar-refractivity contribution in [3.63, 3.8) is 0 Å². The van der Waals surface area contributed by atoms with E-state index < -0.39 is 0 Å². The van der Waals surface area contributed by atoms with Gasteiger partial charge >= 0.3 is 0 Å². The molecule has 1 heterocycles. The lowest BCUT2D eigenvalue weighted by molar-refractivity contribution is 0.262. The Kier molecular flexibility index (Phi) is 6.00. The van der Waals surface area contributed by atoms with E-state index in [2.05, 4.69) is 59.4 Å². The van der Waals surface area contributed by atoms with E-state index in [0.717, 1.165) is 30.8 Å². The summed E-state index contributed by atoms with van der Waals surface area (Å²) in [5, 5.41) is 3.34. The minimum absolute atomic E-state index is 0.155. The summed E-state index contributed by atoms with van der Waals surface area (Å²) in [5.41, 5.74) is 9.77. The van der Waals surface area contributed by atoms with Crippen molar-refractivity contribution >= 4 is 11.6 Å². The first-order chi connectivity index (χ1) is 12.7. The Bertz CT molecular complexity index is 759. The normalized spacial score (nSPS) is 16.5. The Morgan fingerprint density at radius 2 is 2.12 bits per heavy atom. The number of rotatable bonds is 6. The number of ether oxygens (including phenoxy) is 1. The molecule has 0 spiro atoms. The molecular weight excluding hydrogens is 324 g/mol. The van der Waals surface area contributed by atoms with E-state index >= 15 is 0 Å². The standard InChI is InChI=1S/C21H28N4O/c1-3-25(17-8-6-7-16(2)15-17)13-12-23-21(22)24-19-11-14-26-20-10-5-4-9-18(19)20/h4-10,15,19H,3,11-14H2,1-2H3,(H3,22,23,24). The van der Waals surface area contributed by atoms with Crippen LogP contribution in [0.2, 0.25) is 0 Å². The highest BCUT2D eigenvalue weighted by Gasteiger charge is 2.21. The Morgan fingerprint density at radius 1 is 1.27 bits per heavy atom. The molecule has 0 saturated carbocycles. The first kappa shape index (κ1) is 18.1. The van der Waals surface area contributed by atoms with Crippen LogP contribution in [0.25, 0.3) is 0 Å². The maximum atomic E-state index is 6.13. The molecule has 138 valence electrons. The second-order valence-electron chi connectivity index (χ2n) is 6.56. The van der Waals surface area contributed by atoms with Crippen LogP contribution in [-0.4, -0.2) is 32.2 Å². The van der Waals surface area contributed by atoms with Crippen molar-refractivity contribution in [1.29, 1.82) is 0 Å². The quantitative estimate of drug-likeness (QED) is 0.619. The van der Waals surface area contributed by atoms with Crippen molar-refractivity contribution in [2.24, 2.45) is 10.7 Å². The third kappa shape index (κ3) is 4.48. The van der Waals surface area contributed by atoms with Crippen LogP contribution >= 0.6 is 0 Å². The number of likely N-dealkylation sites (N-methyl/N-ethyl adjacent to an activating group) is 1. The van der Waals surface area contributed by atoms with Crippen molar-refractivity contribution < 1.29 is 4.74 Å².